The SMILES string of the molecule is CCC(C)(NC(=O)c1ccc(Cl)c(Br)c1)C(N)=S. The molecule has 0 heterocycles. The average molecular weight is 350 g/mol. The summed E-state index contributed by atoms with van der Waals surface area (Å²) in [6.45, 7) is 3.72. The second-order valence-electron chi connectivity index (χ2n) is 4.13. The van der Waals surface area contributed by atoms with Gasteiger partial charge in [-0.15, -0.1) is 0 Å². The Bertz CT molecular complexity index is 495. The van der Waals surface area contributed by atoms with E-state index in [1.807, 2.05) is 6.92 Å². The first kappa shape index (κ1) is 15.4. The van der Waals surface area contributed by atoms with Crippen LogP contribution in [-0.4, -0.2) is 16.4 Å². The fraction of sp³-hybridized carbons (Fsp3) is 0.333. The fourth-order valence-corrected chi connectivity index (χ4v) is 1.98. The molecule has 0 aromatic heterocycles. The van der Waals surface area contributed by atoms with Gasteiger partial charge in [-0.1, -0.05) is 30.7 Å². The molecule has 6 heteroatoms. The first-order valence-electron chi connectivity index (χ1n) is 5.37. The molecule has 98 valence electrons. The zero-order chi connectivity index (χ0) is 13.9. The van der Waals surface area contributed by atoms with E-state index >= 15 is 0 Å². The van der Waals surface area contributed by atoms with Crippen molar-refractivity contribution in [2.24, 2.45) is 5.73 Å². The Kier molecular flexibility index (Phi) is 5.13. The van der Waals surface area contributed by atoms with Crippen molar-refractivity contribution in [1.29, 1.82) is 0 Å². The van der Waals surface area contributed by atoms with Crippen LogP contribution in [0.3, 0.4) is 0 Å². The maximum atomic E-state index is 12.1. The molecule has 1 aromatic carbocycles. The lowest BCUT2D eigenvalue weighted by Gasteiger charge is -2.28. The van der Waals surface area contributed by atoms with Gasteiger partial charge in [-0.2, -0.15) is 0 Å². The van der Waals surface area contributed by atoms with Crippen molar-refractivity contribution in [3.05, 3.63) is 33.3 Å². The summed E-state index contributed by atoms with van der Waals surface area (Å²) in [5.74, 6) is -0.232. The highest BCUT2D eigenvalue weighted by Gasteiger charge is 2.28. The number of nitrogens with one attached hydrogen (secondary N) is 1. The largest absolute Gasteiger partial charge is 0.391 e. The zero-order valence-corrected chi connectivity index (χ0v) is 13.2. The van der Waals surface area contributed by atoms with Gasteiger partial charge in [0.1, 0.15) is 0 Å². The Labute approximate surface area is 125 Å². The Morgan fingerprint density at radius 2 is 2.22 bits per heavy atom. The van der Waals surface area contributed by atoms with Crippen molar-refractivity contribution in [2.75, 3.05) is 0 Å². The number of thiocarbonyl (C=S) groups is 1. The van der Waals surface area contributed by atoms with Crippen LogP contribution in [0.4, 0.5) is 0 Å². The molecule has 1 atom stereocenters. The maximum Gasteiger partial charge on any atom is 0.252 e. The first-order chi connectivity index (χ1) is 8.30. The summed E-state index contributed by atoms with van der Waals surface area (Å²) in [5.41, 5.74) is 5.47. The highest BCUT2D eigenvalue weighted by molar-refractivity contribution is 9.10. The van der Waals surface area contributed by atoms with E-state index in [-0.39, 0.29) is 10.9 Å². The van der Waals surface area contributed by atoms with E-state index in [0.717, 1.165) is 0 Å². The van der Waals surface area contributed by atoms with Gasteiger partial charge in [-0.3, -0.25) is 4.79 Å². The zero-order valence-electron chi connectivity index (χ0n) is 10.1. The number of rotatable bonds is 4. The smallest absolute Gasteiger partial charge is 0.252 e. The molecule has 1 unspecified atom stereocenters. The predicted octanol–water partition coefficient (Wildman–Crippen LogP) is 3.29. The molecule has 0 saturated carbocycles. The van der Waals surface area contributed by atoms with Crippen molar-refractivity contribution < 1.29 is 4.79 Å². The Balaban J connectivity index is 2.95. The van der Waals surface area contributed by atoms with Crippen LogP contribution in [0, 0.1) is 0 Å². The van der Waals surface area contributed by atoms with Crippen LogP contribution >= 0.6 is 39.7 Å². The van der Waals surface area contributed by atoms with Crippen LogP contribution in [0.15, 0.2) is 22.7 Å². The third-order valence-corrected chi connectivity index (χ3v) is 4.49. The van der Waals surface area contributed by atoms with E-state index in [1.165, 1.54) is 0 Å². The summed E-state index contributed by atoms with van der Waals surface area (Å²) in [5, 5.41) is 3.39. The molecule has 0 fully saturated rings. The Hall–Kier alpha value is -0.650. The summed E-state index contributed by atoms with van der Waals surface area (Å²) in [6, 6.07) is 4.97. The molecule has 0 spiro atoms. The molecule has 1 aromatic rings. The van der Waals surface area contributed by atoms with Crippen LogP contribution in [0.5, 0.6) is 0 Å². The summed E-state index contributed by atoms with van der Waals surface area (Å²) >= 11 is 14.1. The molecule has 3 nitrogen and oxygen atoms in total. The lowest BCUT2D eigenvalue weighted by molar-refractivity contribution is 0.0926. The second-order valence-corrected chi connectivity index (χ2v) is 5.83. The number of nitrogens with two attached hydrogens (primary N) is 1. The average Bonchev–Trinajstić information content (AvgIpc) is 2.32. The maximum absolute atomic E-state index is 12.1. The van der Waals surface area contributed by atoms with E-state index in [0.29, 0.717) is 21.5 Å². The summed E-state index contributed by atoms with van der Waals surface area (Å²) < 4.78 is 0.672. The number of hydrogen-bond acceptors (Lipinski definition) is 2. The third-order valence-electron chi connectivity index (χ3n) is 2.82. The summed E-state index contributed by atoms with van der Waals surface area (Å²) in [7, 11) is 0. The number of carbonyl (C=O) groups is 1. The number of amides is 1. The molecule has 1 rings (SSSR count). The standard InChI is InChI=1S/C12H14BrClN2OS/c1-3-12(2,11(15)18)16-10(17)7-4-5-9(14)8(13)6-7/h4-6H,3H2,1-2H3,(H2,15,18)(H,16,17). The van der Waals surface area contributed by atoms with Gasteiger partial charge in [0.25, 0.3) is 5.91 Å². The van der Waals surface area contributed by atoms with E-state index in [9.17, 15) is 4.79 Å². The molecular formula is C12H14BrClN2OS. The Morgan fingerprint density at radius 1 is 1.61 bits per heavy atom. The van der Waals surface area contributed by atoms with E-state index < -0.39 is 5.54 Å². The minimum Gasteiger partial charge on any atom is -0.391 e. The quantitative estimate of drug-likeness (QED) is 0.820. The van der Waals surface area contributed by atoms with Crippen molar-refractivity contribution in [3.8, 4) is 0 Å². The van der Waals surface area contributed by atoms with Gasteiger partial charge in [-0.25, -0.2) is 0 Å². The van der Waals surface area contributed by atoms with Gasteiger partial charge in [0, 0.05) is 10.0 Å². The molecule has 1 amide bonds. The van der Waals surface area contributed by atoms with Gasteiger partial charge in [0.05, 0.1) is 15.6 Å². The number of halogens is 2. The normalized spacial score (nSPS) is 13.8. The van der Waals surface area contributed by atoms with E-state index in [4.69, 9.17) is 29.6 Å². The van der Waals surface area contributed by atoms with Crippen LogP contribution in [0.25, 0.3) is 0 Å². The first-order valence-corrected chi connectivity index (χ1v) is 6.95. The van der Waals surface area contributed by atoms with E-state index in [1.54, 1.807) is 25.1 Å². The minimum atomic E-state index is -0.682. The Morgan fingerprint density at radius 3 is 2.67 bits per heavy atom. The van der Waals surface area contributed by atoms with Crippen LogP contribution < -0.4 is 11.1 Å². The van der Waals surface area contributed by atoms with Crippen molar-refractivity contribution in [1.82, 2.24) is 5.32 Å². The van der Waals surface area contributed by atoms with Crippen molar-refractivity contribution >= 4 is 50.6 Å². The van der Waals surface area contributed by atoms with Crippen molar-refractivity contribution in [2.45, 2.75) is 25.8 Å². The molecule has 3 N–H and O–H groups in total. The molecule has 0 aliphatic rings. The molecular weight excluding hydrogens is 336 g/mol. The topological polar surface area (TPSA) is 55.1 Å². The third kappa shape index (κ3) is 3.43. The van der Waals surface area contributed by atoms with Gasteiger partial charge in [0.15, 0.2) is 0 Å². The highest BCUT2D eigenvalue weighted by atomic mass is 79.9. The number of benzene rings is 1. The van der Waals surface area contributed by atoms with Crippen molar-refractivity contribution in [3.63, 3.8) is 0 Å². The highest BCUT2D eigenvalue weighted by Crippen LogP contribution is 2.23. The molecule has 0 saturated heterocycles. The predicted molar refractivity (Wildman–Crippen MR) is 82.1 cm³/mol. The molecule has 0 aliphatic heterocycles. The van der Waals surface area contributed by atoms with Crippen LogP contribution in [0.1, 0.15) is 30.6 Å². The van der Waals surface area contributed by atoms with E-state index in [2.05, 4.69) is 21.2 Å². The second kappa shape index (κ2) is 5.99. The fourth-order valence-electron chi connectivity index (χ4n) is 1.28. The van der Waals surface area contributed by atoms with Gasteiger partial charge in [-0.05, 0) is 47.5 Å². The molecule has 18 heavy (non-hydrogen) atoms. The van der Waals surface area contributed by atoms with Crippen LogP contribution in [0.2, 0.25) is 5.02 Å². The molecule has 0 aliphatic carbocycles. The number of carbonyl (C=O) groups excluding carboxylic acids is 1. The summed E-state index contributed by atoms with van der Waals surface area (Å²) in [4.78, 5) is 12.4. The van der Waals surface area contributed by atoms with Gasteiger partial charge in [0.2, 0.25) is 0 Å². The van der Waals surface area contributed by atoms with Gasteiger partial charge >= 0.3 is 0 Å². The van der Waals surface area contributed by atoms with Gasteiger partial charge < -0.3 is 11.1 Å². The lowest BCUT2D eigenvalue weighted by Crippen LogP contribution is -2.54. The monoisotopic (exact) mass is 348 g/mol. The number of hydrogen-bond donors (Lipinski definition) is 2. The lowest BCUT2D eigenvalue weighted by atomic mass is 9.98. The molecule has 0 radical (unpaired) electrons. The summed E-state index contributed by atoms with van der Waals surface area (Å²) in [6.07, 6.45) is 0.628. The minimum absolute atomic E-state index is 0.232. The van der Waals surface area contributed by atoms with Crippen LogP contribution in [-0.2, 0) is 0 Å². The molecule has 0 bridgehead atoms.